The Balaban J connectivity index is 1.81. The van der Waals surface area contributed by atoms with Crippen molar-refractivity contribution in [3.63, 3.8) is 0 Å². The number of fused-ring (bicyclic) bond motifs is 4. The number of para-hydroxylation sites is 1. The summed E-state index contributed by atoms with van der Waals surface area (Å²) >= 11 is 0. The summed E-state index contributed by atoms with van der Waals surface area (Å²) in [5, 5.41) is 0. The Morgan fingerprint density at radius 1 is 1.27 bits per heavy atom. The highest BCUT2D eigenvalue weighted by Crippen LogP contribution is 2.50. The van der Waals surface area contributed by atoms with E-state index in [1.807, 2.05) is 23.1 Å². The first-order valence-electron chi connectivity index (χ1n) is 10.7. The molecule has 2 aromatic rings. The molecule has 30 heavy (non-hydrogen) atoms. The number of carbonyl (C=O) groups excluding carboxylic acids is 1. The van der Waals surface area contributed by atoms with Crippen LogP contribution in [0.3, 0.4) is 0 Å². The number of benzene rings is 1. The number of amides is 2. The van der Waals surface area contributed by atoms with Gasteiger partial charge in [0.25, 0.3) is 0 Å². The van der Waals surface area contributed by atoms with Gasteiger partial charge in [-0.15, -0.1) is 0 Å². The zero-order valence-corrected chi connectivity index (χ0v) is 18.6. The quantitative estimate of drug-likeness (QED) is 0.769. The van der Waals surface area contributed by atoms with Gasteiger partial charge >= 0.3 is 6.03 Å². The number of methoxy groups -OCH3 is 1. The molecule has 1 aromatic carbocycles. The fraction of sp³-hybridized carbons (Fsp3) is 0.565. The highest BCUT2D eigenvalue weighted by molar-refractivity contribution is 5.75. The molecule has 0 radical (unpaired) electrons. The van der Waals surface area contributed by atoms with Gasteiger partial charge in [-0.25, -0.2) is 9.78 Å². The Bertz CT molecular complexity index is 927. The summed E-state index contributed by atoms with van der Waals surface area (Å²) in [6.07, 6.45) is 1.48. The van der Waals surface area contributed by atoms with Crippen molar-refractivity contribution in [2.75, 3.05) is 40.9 Å². The van der Waals surface area contributed by atoms with Crippen LogP contribution in [0.4, 0.5) is 4.79 Å². The molecular weight excluding hydrogens is 380 g/mol. The van der Waals surface area contributed by atoms with Gasteiger partial charge < -0.3 is 23.8 Å². The summed E-state index contributed by atoms with van der Waals surface area (Å²) in [6.45, 7) is 7.02. The number of likely N-dealkylation sites (tertiary alicyclic amines) is 1. The van der Waals surface area contributed by atoms with Crippen LogP contribution in [0.1, 0.15) is 44.1 Å². The molecule has 1 spiro atoms. The van der Waals surface area contributed by atoms with E-state index < -0.39 is 5.60 Å². The summed E-state index contributed by atoms with van der Waals surface area (Å²) in [5.74, 6) is 2.22. The Morgan fingerprint density at radius 2 is 1.97 bits per heavy atom. The molecule has 0 aliphatic carbocycles. The molecule has 162 valence electrons. The number of hydrogen-bond acceptors (Lipinski definition) is 4. The normalized spacial score (nSPS) is 16.9. The van der Waals surface area contributed by atoms with Crippen molar-refractivity contribution in [2.45, 2.75) is 44.8 Å². The zero-order chi connectivity index (χ0) is 21.5. The lowest BCUT2D eigenvalue weighted by Gasteiger charge is -2.45. The SMILES string of the molecule is COCCn1c(C(C)C)nc2c1C1(CCN(C(=O)N(C)C)CC1)Oc1ccccc1-2. The first kappa shape index (κ1) is 20.7. The highest BCUT2D eigenvalue weighted by atomic mass is 16.5. The zero-order valence-electron chi connectivity index (χ0n) is 18.6. The van der Waals surface area contributed by atoms with Crippen molar-refractivity contribution >= 4 is 6.03 Å². The summed E-state index contributed by atoms with van der Waals surface area (Å²) < 4.78 is 14.5. The van der Waals surface area contributed by atoms with Crippen molar-refractivity contribution in [1.29, 1.82) is 0 Å². The summed E-state index contributed by atoms with van der Waals surface area (Å²) in [7, 11) is 5.32. The molecule has 1 fully saturated rings. The molecule has 0 atom stereocenters. The molecule has 0 N–H and O–H groups in total. The monoisotopic (exact) mass is 412 g/mol. The van der Waals surface area contributed by atoms with E-state index in [0.717, 1.165) is 47.9 Å². The van der Waals surface area contributed by atoms with Crippen molar-refractivity contribution in [3.05, 3.63) is 35.8 Å². The number of aromatic nitrogens is 2. The topological polar surface area (TPSA) is 59.8 Å². The minimum atomic E-state index is -0.485. The average molecular weight is 413 g/mol. The fourth-order valence-corrected chi connectivity index (χ4v) is 4.66. The van der Waals surface area contributed by atoms with Crippen LogP contribution in [0.2, 0.25) is 0 Å². The highest BCUT2D eigenvalue weighted by Gasteiger charge is 2.48. The van der Waals surface area contributed by atoms with Crippen LogP contribution in [-0.2, 0) is 16.9 Å². The van der Waals surface area contributed by atoms with Crippen LogP contribution in [0.25, 0.3) is 11.3 Å². The molecule has 1 saturated heterocycles. The van der Waals surface area contributed by atoms with E-state index in [1.54, 1.807) is 26.1 Å². The van der Waals surface area contributed by atoms with E-state index in [2.05, 4.69) is 24.5 Å². The standard InChI is InChI=1S/C23H32N4O3/c1-16(2)21-24-19-17-8-6-7-9-18(17)30-23(20(19)27(21)14-15-29-5)10-12-26(13-11-23)22(28)25(3)4/h6-9,16H,10-15H2,1-5H3. The summed E-state index contributed by atoms with van der Waals surface area (Å²) in [5.41, 5.74) is 2.71. The van der Waals surface area contributed by atoms with Crippen LogP contribution in [-0.4, -0.2) is 66.3 Å². The Labute approximate surface area is 178 Å². The lowest BCUT2D eigenvalue weighted by atomic mass is 9.83. The lowest BCUT2D eigenvalue weighted by molar-refractivity contribution is -0.00468. The smallest absolute Gasteiger partial charge is 0.319 e. The molecular formula is C23H32N4O3. The largest absolute Gasteiger partial charge is 0.480 e. The Kier molecular flexibility index (Phi) is 5.49. The number of nitrogens with zero attached hydrogens (tertiary/aromatic N) is 4. The van der Waals surface area contributed by atoms with Crippen LogP contribution >= 0.6 is 0 Å². The van der Waals surface area contributed by atoms with Gasteiger partial charge in [-0.2, -0.15) is 0 Å². The second-order valence-corrected chi connectivity index (χ2v) is 8.72. The van der Waals surface area contributed by atoms with Gasteiger partial charge in [0.15, 0.2) is 5.60 Å². The van der Waals surface area contributed by atoms with Crippen molar-refractivity contribution in [2.24, 2.45) is 0 Å². The molecule has 7 heteroatoms. The van der Waals surface area contributed by atoms with Gasteiger partial charge in [0, 0.05) is 65.2 Å². The molecule has 7 nitrogen and oxygen atoms in total. The molecule has 2 amide bonds. The third-order valence-electron chi connectivity index (χ3n) is 6.14. The van der Waals surface area contributed by atoms with Crippen molar-refractivity contribution < 1.29 is 14.3 Å². The minimum Gasteiger partial charge on any atom is -0.480 e. The van der Waals surface area contributed by atoms with Gasteiger partial charge in [0.2, 0.25) is 0 Å². The molecule has 0 unspecified atom stereocenters. The first-order valence-corrected chi connectivity index (χ1v) is 10.7. The summed E-state index contributed by atoms with van der Waals surface area (Å²) in [6, 6.07) is 8.21. The van der Waals surface area contributed by atoms with Crippen molar-refractivity contribution in [3.8, 4) is 17.0 Å². The van der Waals surface area contributed by atoms with E-state index in [1.165, 1.54) is 0 Å². The molecule has 2 aliphatic rings. The third-order valence-corrected chi connectivity index (χ3v) is 6.14. The minimum absolute atomic E-state index is 0.0528. The number of rotatable bonds is 4. The number of ether oxygens (including phenoxy) is 2. The van der Waals surface area contributed by atoms with Gasteiger partial charge in [-0.3, -0.25) is 0 Å². The number of piperidine rings is 1. The Hall–Kier alpha value is -2.54. The van der Waals surface area contributed by atoms with Gasteiger partial charge in [0.1, 0.15) is 11.6 Å². The third kappa shape index (κ3) is 3.35. The number of imidazole rings is 1. The molecule has 1 aromatic heterocycles. The van der Waals surface area contributed by atoms with Crippen LogP contribution in [0, 0.1) is 0 Å². The second-order valence-electron chi connectivity index (χ2n) is 8.72. The molecule has 3 heterocycles. The average Bonchev–Trinajstić information content (AvgIpc) is 3.13. The van der Waals surface area contributed by atoms with E-state index in [9.17, 15) is 4.79 Å². The molecule has 0 bridgehead atoms. The van der Waals surface area contributed by atoms with Gasteiger partial charge in [0.05, 0.1) is 18.0 Å². The van der Waals surface area contributed by atoms with Crippen LogP contribution in [0.5, 0.6) is 5.75 Å². The lowest BCUT2D eigenvalue weighted by Crippen LogP contribution is -2.52. The first-order chi connectivity index (χ1) is 14.4. The van der Waals surface area contributed by atoms with E-state index >= 15 is 0 Å². The number of hydrogen-bond donors (Lipinski definition) is 0. The number of urea groups is 1. The van der Waals surface area contributed by atoms with Gasteiger partial charge in [-0.1, -0.05) is 26.0 Å². The fourth-order valence-electron chi connectivity index (χ4n) is 4.66. The van der Waals surface area contributed by atoms with E-state index in [4.69, 9.17) is 14.5 Å². The van der Waals surface area contributed by atoms with Gasteiger partial charge in [-0.05, 0) is 12.1 Å². The maximum atomic E-state index is 12.5. The van der Waals surface area contributed by atoms with Crippen LogP contribution < -0.4 is 4.74 Å². The number of carbonyl (C=O) groups is 1. The molecule has 2 aliphatic heterocycles. The second kappa shape index (κ2) is 7.95. The maximum Gasteiger partial charge on any atom is 0.319 e. The Morgan fingerprint density at radius 3 is 2.60 bits per heavy atom. The molecule has 0 saturated carbocycles. The van der Waals surface area contributed by atoms with E-state index in [0.29, 0.717) is 19.7 Å². The van der Waals surface area contributed by atoms with E-state index in [-0.39, 0.29) is 11.9 Å². The predicted molar refractivity (Wildman–Crippen MR) is 116 cm³/mol. The predicted octanol–water partition coefficient (Wildman–Crippen LogP) is 3.69. The molecule has 4 rings (SSSR count). The van der Waals surface area contributed by atoms with Crippen LogP contribution in [0.15, 0.2) is 24.3 Å². The van der Waals surface area contributed by atoms with Crippen molar-refractivity contribution in [1.82, 2.24) is 19.4 Å². The maximum absolute atomic E-state index is 12.5. The summed E-state index contributed by atoms with van der Waals surface area (Å²) in [4.78, 5) is 21.2.